The molecule has 170 valence electrons. The van der Waals surface area contributed by atoms with Crippen LogP contribution in [0.1, 0.15) is 6.42 Å². The summed E-state index contributed by atoms with van der Waals surface area (Å²) in [6, 6.07) is 13.7. The van der Waals surface area contributed by atoms with E-state index in [0.717, 1.165) is 30.9 Å². The number of benzene rings is 2. The fraction of sp³-hybridized carbons (Fsp3) is 0.280. The van der Waals surface area contributed by atoms with Crippen molar-refractivity contribution in [3.63, 3.8) is 0 Å². The second-order valence-corrected chi connectivity index (χ2v) is 8.50. The van der Waals surface area contributed by atoms with E-state index in [9.17, 15) is 9.18 Å². The molecule has 4 N–H and O–H groups in total. The fourth-order valence-corrected chi connectivity index (χ4v) is 4.19. The smallest absolute Gasteiger partial charge is 0.263 e. The number of ether oxygens (including phenoxy) is 2. The number of hydrogen-bond donors (Lipinski definition) is 2. The number of pyridine rings is 1. The van der Waals surface area contributed by atoms with Gasteiger partial charge < -0.3 is 25.8 Å². The summed E-state index contributed by atoms with van der Waals surface area (Å²) in [6.07, 6.45) is 1.86. The van der Waals surface area contributed by atoms with E-state index < -0.39 is 11.9 Å². The first-order chi connectivity index (χ1) is 16.0. The van der Waals surface area contributed by atoms with Crippen LogP contribution in [0.15, 0.2) is 54.7 Å². The van der Waals surface area contributed by atoms with Crippen LogP contribution in [-0.4, -0.2) is 48.2 Å². The van der Waals surface area contributed by atoms with E-state index in [1.807, 2.05) is 29.2 Å². The van der Waals surface area contributed by atoms with E-state index >= 15 is 0 Å². The van der Waals surface area contributed by atoms with Gasteiger partial charge in [0.15, 0.2) is 6.10 Å². The summed E-state index contributed by atoms with van der Waals surface area (Å²) >= 11 is 0. The molecule has 0 unspecified atom stereocenters. The highest BCUT2D eigenvalue weighted by Crippen LogP contribution is 2.33. The average Bonchev–Trinajstić information content (AvgIpc) is 3.11. The van der Waals surface area contributed by atoms with Gasteiger partial charge in [-0.25, -0.2) is 9.37 Å². The fourth-order valence-electron chi connectivity index (χ4n) is 4.19. The highest BCUT2D eigenvalue weighted by Gasteiger charge is 2.35. The number of aromatic nitrogens is 1. The predicted octanol–water partition coefficient (Wildman–Crippen LogP) is 3.35. The van der Waals surface area contributed by atoms with E-state index in [1.54, 1.807) is 24.4 Å². The van der Waals surface area contributed by atoms with Crippen LogP contribution in [0.3, 0.4) is 0 Å². The summed E-state index contributed by atoms with van der Waals surface area (Å²) in [7, 11) is 0. The summed E-state index contributed by atoms with van der Waals surface area (Å²) in [6.45, 7) is 2.89. The number of amides is 1. The number of nitrogen functional groups attached to an aromatic ring is 2. The van der Waals surface area contributed by atoms with Crippen molar-refractivity contribution in [2.24, 2.45) is 5.92 Å². The molecule has 1 aromatic heterocycles. The Bertz CT molecular complexity index is 1180. The van der Waals surface area contributed by atoms with Crippen molar-refractivity contribution in [3.8, 4) is 28.0 Å². The lowest BCUT2D eigenvalue weighted by molar-refractivity contribution is -0.136. The van der Waals surface area contributed by atoms with Crippen LogP contribution in [-0.2, 0) is 9.53 Å². The Balaban J connectivity index is 1.30. The maximum atomic E-state index is 14.4. The first-order valence-electron chi connectivity index (χ1n) is 10.9. The van der Waals surface area contributed by atoms with Gasteiger partial charge in [0, 0.05) is 54.0 Å². The highest BCUT2D eigenvalue weighted by atomic mass is 19.1. The molecule has 2 aliphatic heterocycles. The first kappa shape index (κ1) is 21.2. The van der Waals surface area contributed by atoms with Gasteiger partial charge in [0.1, 0.15) is 17.4 Å². The van der Waals surface area contributed by atoms with Gasteiger partial charge in [0.25, 0.3) is 5.91 Å². The molecular formula is C25H25FN4O3. The maximum Gasteiger partial charge on any atom is 0.263 e. The SMILES string of the molecule is Nc1ccc(-c2cc(-c3ccc(O[C@@H]4CCN(CC5COC5)C4=O)cc3)cnc2N)c(F)c1. The molecule has 2 aliphatic rings. The van der Waals surface area contributed by atoms with Crippen LogP contribution < -0.4 is 16.2 Å². The molecule has 1 amide bonds. The van der Waals surface area contributed by atoms with Crippen molar-refractivity contribution < 1.29 is 18.7 Å². The number of halogens is 1. The Labute approximate surface area is 191 Å². The van der Waals surface area contributed by atoms with Gasteiger partial charge in [-0.05, 0) is 42.0 Å². The van der Waals surface area contributed by atoms with E-state index in [-0.39, 0.29) is 11.7 Å². The Morgan fingerprint density at radius 2 is 1.85 bits per heavy atom. The van der Waals surface area contributed by atoms with Crippen molar-refractivity contribution in [3.05, 3.63) is 60.5 Å². The van der Waals surface area contributed by atoms with Crippen LogP contribution in [0.4, 0.5) is 15.9 Å². The molecule has 0 bridgehead atoms. The molecule has 3 heterocycles. The Kier molecular flexibility index (Phi) is 5.60. The zero-order valence-corrected chi connectivity index (χ0v) is 18.0. The van der Waals surface area contributed by atoms with Crippen molar-refractivity contribution in [2.45, 2.75) is 12.5 Å². The molecule has 7 nitrogen and oxygen atoms in total. The minimum Gasteiger partial charge on any atom is -0.481 e. The van der Waals surface area contributed by atoms with Crippen molar-refractivity contribution in [1.29, 1.82) is 0 Å². The number of anilines is 2. The van der Waals surface area contributed by atoms with Gasteiger partial charge in [-0.2, -0.15) is 0 Å². The molecule has 8 heteroatoms. The molecule has 2 fully saturated rings. The summed E-state index contributed by atoms with van der Waals surface area (Å²) in [4.78, 5) is 18.7. The van der Waals surface area contributed by atoms with E-state index in [0.29, 0.717) is 41.4 Å². The average molecular weight is 448 g/mol. The molecule has 1 atom stereocenters. The van der Waals surface area contributed by atoms with Crippen molar-refractivity contribution in [1.82, 2.24) is 9.88 Å². The molecular weight excluding hydrogens is 423 g/mol. The highest BCUT2D eigenvalue weighted by molar-refractivity contribution is 5.83. The van der Waals surface area contributed by atoms with Crippen LogP contribution in [0.25, 0.3) is 22.3 Å². The molecule has 0 radical (unpaired) electrons. The minimum absolute atomic E-state index is 0.0314. The zero-order valence-electron chi connectivity index (χ0n) is 18.0. The molecule has 5 rings (SSSR count). The molecule has 3 aromatic rings. The van der Waals surface area contributed by atoms with Crippen LogP contribution in [0, 0.1) is 11.7 Å². The van der Waals surface area contributed by atoms with Crippen LogP contribution in [0.2, 0.25) is 0 Å². The molecule has 0 saturated carbocycles. The summed E-state index contributed by atoms with van der Waals surface area (Å²) in [5, 5.41) is 0. The summed E-state index contributed by atoms with van der Waals surface area (Å²) in [5.74, 6) is 0.875. The third-order valence-electron chi connectivity index (χ3n) is 6.10. The number of likely N-dealkylation sites (tertiary alicyclic amines) is 1. The van der Waals surface area contributed by atoms with Gasteiger partial charge >= 0.3 is 0 Å². The molecule has 33 heavy (non-hydrogen) atoms. The maximum absolute atomic E-state index is 14.4. The van der Waals surface area contributed by atoms with E-state index in [4.69, 9.17) is 20.9 Å². The standard InChI is InChI=1S/C25H25FN4O3/c26-22-10-18(27)3-6-20(22)21-9-17(11-29-24(21)28)16-1-4-19(5-2-16)33-23-7-8-30(25(23)31)12-15-13-32-14-15/h1-6,9-11,15,23H,7-8,12-14,27H2,(H2,28,29)/t23-/m1/s1. The van der Waals surface area contributed by atoms with Gasteiger partial charge in [0.2, 0.25) is 0 Å². The van der Waals surface area contributed by atoms with Gasteiger partial charge in [-0.3, -0.25) is 4.79 Å². The topological polar surface area (TPSA) is 104 Å². The predicted molar refractivity (Wildman–Crippen MR) is 124 cm³/mol. The van der Waals surface area contributed by atoms with Crippen molar-refractivity contribution >= 4 is 17.4 Å². The van der Waals surface area contributed by atoms with Crippen LogP contribution >= 0.6 is 0 Å². The second kappa shape index (κ2) is 8.71. The molecule has 0 spiro atoms. The van der Waals surface area contributed by atoms with Crippen molar-refractivity contribution in [2.75, 3.05) is 37.8 Å². The van der Waals surface area contributed by atoms with Gasteiger partial charge in [-0.1, -0.05) is 12.1 Å². The quantitative estimate of drug-likeness (QED) is 0.561. The van der Waals surface area contributed by atoms with Gasteiger partial charge in [-0.15, -0.1) is 0 Å². The lowest BCUT2D eigenvalue weighted by Gasteiger charge is -2.30. The largest absolute Gasteiger partial charge is 0.481 e. The normalized spacial score (nSPS) is 18.4. The van der Waals surface area contributed by atoms with Gasteiger partial charge in [0.05, 0.1) is 13.2 Å². The first-order valence-corrected chi connectivity index (χ1v) is 10.9. The molecule has 2 aromatic carbocycles. The second-order valence-electron chi connectivity index (χ2n) is 8.50. The number of hydrogen-bond acceptors (Lipinski definition) is 6. The molecule has 0 aliphatic carbocycles. The number of nitrogens with two attached hydrogens (primary N) is 2. The summed E-state index contributed by atoms with van der Waals surface area (Å²) in [5.41, 5.74) is 14.5. The minimum atomic E-state index is -0.463. The Hall–Kier alpha value is -3.65. The number of carbonyl (C=O) groups excluding carboxylic acids is 1. The molecule has 2 saturated heterocycles. The third kappa shape index (κ3) is 4.34. The number of nitrogens with zero attached hydrogens (tertiary/aromatic N) is 2. The van der Waals surface area contributed by atoms with E-state index in [2.05, 4.69) is 4.98 Å². The van der Waals surface area contributed by atoms with E-state index in [1.165, 1.54) is 6.07 Å². The number of rotatable bonds is 6. The lowest BCUT2D eigenvalue weighted by atomic mass is 10.0. The Morgan fingerprint density at radius 1 is 1.06 bits per heavy atom. The lowest BCUT2D eigenvalue weighted by Crippen LogP contribution is -2.42. The summed E-state index contributed by atoms with van der Waals surface area (Å²) < 4.78 is 25.6. The monoisotopic (exact) mass is 448 g/mol. The Morgan fingerprint density at radius 3 is 2.55 bits per heavy atom. The number of carbonyl (C=O) groups is 1. The van der Waals surface area contributed by atoms with Crippen LogP contribution in [0.5, 0.6) is 5.75 Å². The zero-order chi connectivity index (χ0) is 22.9. The third-order valence-corrected chi connectivity index (χ3v) is 6.10.